The van der Waals surface area contributed by atoms with Crippen LogP contribution in [0.1, 0.15) is 38.5 Å². The minimum absolute atomic E-state index is 0.000608. The monoisotopic (exact) mass is 363 g/mol. The molecule has 4 N–H and O–H groups in total. The van der Waals surface area contributed by atoms with Crippen molar-refractivity contribution in [2.75, 3.05) is 11.9 Å². The van der Waals surface area contributed by atoms with E-state index in [4.69, 9.17) is 5.14 Å². The molecule has 0 unspecified atom stereocenters. The zero-order valence-electron chi connectivity index (χ0n) is 14.2. The highest BCUT2D eigenvalue weighted by Gasteiger charge is 2.50. The van der Waals surface area contributed by atoms with E-state index in [1.54, 1.807) is 12.1 Å². The van der Waals surface area contributed by atoms with Crippen LogP contribution in [0.2, 0.25) is 0 Å². The molecule has 0 aromatic heterocycles. The molecule has 0 aliphatic heterocycles. The Morgan fingerprint density at radius 3 is 2.28 bits per heavy atom. The number of hydrogen-bond donors (Lipinski definition) is 3. The van der Waals surface area contributed by atoms with Crippen molar-refractivity contribution in [3.63, 3.8) is 0 Å². The molecule has 1 amide bonds. The molecule has 0 atom stereocenters. The summed E-state index contributed by atoms with van der Waals surface area (Å²) in [5.41, 5.74) is 0.581. The summed E-state index contributed by atoms with van der Waals surface area (Å²) in [6.07, 6.45) is 7.67. The highest BCUT2D eigenvalue weighted by atomic mass is 32.2. The maximum Gasteiger partial charge on any atom is 0.238 e. The van der Waals surface area contributed by atoms with Gasteiger partial charge in [0.25, 0.3) is 0 Å². The van der Waals surface area contributed by atoms with Crippen LogP contribution in [0.3, 0.4) is 0 Å². The second-order valence-corrected chi connectivity index (χ2v) is 9.73. The SMILES string of the molecule is NS(=O)(=O)c1cccc(NC(=O)CNC23CC4CC(CC(C4)C2)C3)c1. The lowest BCUT2D eigenvalue weighted by Crippen LogP contribution is -2.59. The largest absolute Gasteiger partial charge is 0.325 e. The normalized spacial score (nSPS) is 33.4. The number of benzene rings is 1. The first-order valence-electron chi connectivity index (χ1n) is 8.99. The van der Waals surface area contributed by atoms with Gasteiger partial charge in [-0.3, -0.25) is 4.79 Å². The highest BCUT2D eigenvalue weighted by molar-refractivity contribution is 7.89. The summed E-state index contributed by atoms with van der Waals surface area (Å²) in [5, 5.41) is 11.4. The summed E-state index contributed by atoms with van der Waals surface area (Å²) in [7, 11) is -3.77. The van der Waals surface area contributed by atoms with Gasteiger partial charge in [0.1, 0.15) is 0 Å². The molecule has 0 radical (unpaired) electrons. The van der Waals surface area contributed by atoms with Crippen LogP contribution in [-0.4, -0.2) is 26.4 Å². The van der Waals surface area contributed by atoms with Gasteiger partial charge in [-0.25, -0.2) is 13.6 Å². The fraction of sp³-hybridized carbons (Fsp3) is 0.611. The van der Waals surface area contributed by atoms with Crippen molar-refractivity contribution in [1.29, 1.82) is 0 Å². The standard InChI is InChI=1S/C18H25N3O3S/c19-25(23,24)16-3-1-2-15(7-16)21-17(22)11-20-18-8-12-4-13(9-18)6-14(5-12)10-18/h1-3,7,12-14,20H,4-6,8-11H2,(H,21,22)(H2,19,23,24). The molecule has 1 aromatic carbocycles. The van der Waals surface area contributed by atoms with E-state index >= 15 is 0 Å². The predicted octanol–water partition coefficient (Wildman–Crippen LogP) is 1.83. The quantitative estimate of drug-likeness (QED) is 0.743. The Morgan fingerprint density at radius 2 is 1.72 bits per heavy atom. The number of rotatable bonds is 5. The first-order chi connectivity index (χ1) is 11.8. The first kappa shape index (κ1) is 17.0. The highest BCUT2D eigenvalue weighted by Crippen LogP contribution is 2.55. The van der Waals surface area contributed by atoms with Crippen molar-refractivity contribution >= 4 is 21.6 Å². The third-order valence-electron chi connectivity index (χ3n) is 6.11. The summed E-state index contributed by atoms with van der Waals surface area (Å²) in [4.78, 5) is 12.3. The first-order valence-corrected chi connectivity index (χ1v) is 10.5. The second kappa shape index (κ2) is 6.07. The molecule has 4 saturated carbocycles. The van der Waals surface area contributed by atoms with Crippen molar-refractivity contribution in [3.8, 4) is 0 Å². The van der Waals surface area contributed by atoms with Crippen LogP contribution in [-0.2, 0) is 14.8 Å². The Bertz CT molecular complexity index is 755. The van der Waals surface area contributed by atoms with Crippen molar-refractivity contribution in [3.05, 3.63) is 24.3 Å². The van der Waals surface area contributed by atoms with E-state index < -0.39 is 10.0 Å². The maximum atomic E-state index is 12.3. The summed E-state index contributed by atoms with van der Waals surface area (Å²) in [6.45, 7) is 0.256. The van der Waals surface area contributed by atoms with Gasteiger partial charge < -0.3 is 10.6 Å². The summed E-state index contributed by atoms with van der Waals surface area (Å²) >= 11 is 0. The molecule has 4 bridgehead atoms. The Labute approximate surface area is 148 Å². The average molecular weight is 363 g/mol. The van der Waals surface area contributed by atoms with Gasteiger partial charge in [-0.1, -0.05) is 6.07 Å². The fourth-order valence-electron chi connectivity index (χ4n) is 5.55. The van der Waals surface area contributed by atoms with E-state index in [-0.39, 0.29) is 22.9 Å². The lowest BCUT2D eigenvalue weighted by molar-refractivity contribution is -0.116. The predicted molar refractivity (Wildman–Crippen MR) is 95.4 cm³/mol. The minimum Gasteiger partial charge on any atom is -0.325 e. The van der Waals surface area contributed by atoms with Crippen LogP contribution in [0.4, 0.5) is 5.69 Å². The maximum absolute atomic E-state index is 12.3. The molecule has 0 heterocycles. The zero-order valence-corrected chi connectivity index (χ0v) is 15.0. The molecular formula is C18H25N3O3S. The number of amides is 1. The van der Waals surface area contributed by atoms with Crippen LogP contribution in [0.5, 0.6) is 0 Å². The number of nitrogens with two attached hydrogens (primary N) is 1. The number of anilines is 1. The molecule has 4 aliphatic carbocycles. The number of carbonyl (C=O) groups is 1. The van der Waals surface area contributed by atoms with E-state index in [0.29, 0.717) is 5.69 Å². The number of nitrogens with one attached hydrogen (secondary N) is 2. The Morgan fingerprint density at radius 1 is 1.12 bits per heavy atom. The van der Waals surface area contributed by atoms with E-state index in [1.807, 2.05) is 0 Å². The third kappa shape index (κ3) is 3.59. The zero-order chi connectivity index (χ0) is 17.7. The van der Waals surface area contributed by atoms with Gasteiger partial charge in [0, 0.05) is 11.2 Å². The van der Waals surface area contributed by atoms with E-state index in [2.05, 4.69) is 10.6 Å². The minimum atomic E-state index is -3.77. The molecule has 25 heavy (non-hydrogen) atoms. The number of hydrogen-bond acceptors (Lipinski definition) is 4. The molecular weight excluding hydrogens is 338 g/mol. The van der Waals surface area contributed by atoms with Crippen molar-refractivity contribution < 1.29 is 13.2 Å². The summed E-state index contributed by atoms with van der Waals surface area (Å²) in [5.74, 6) is 2.33. The fourth-order valence-corrected chi connectivity index (χ4v) is 6.11. The molecule has 136 valence electrons. The van der Waals surface area contributed by atoms with Crippen LogP contribution < -0.4 is 15.8 Å². The lowest BCUT2D eigenvalue weighted by atomic mass is 9.53. The topological polar surface area (TPSA) is 101 Å². The number of sulfonamides is 1. The van der Waals surface area contributed by atoms with E-state index in [9.17, 15) is 13.2 Å². The van der Waals surface area contributed by atoms with Gasteiger partial charge in [-0.2, -0.15) is 0 Å². The summed E-state index contributed by atoms with van der Waals surface area (Å²) in [6, 6.07) is 6.04. The molecule has 1 aromatic rings. The van der Waals surface area contributed by atoms with E-state index in [0.717, 1.165) is 17.8 Å². The van der Waals surface area contributed by atoms with E-state index in [1.165, 1.54) is 50.7 Å². The molecule has 5 rings (SSSR count). The van der Waals surface area contributed by atoms with Gasteiger partial charge in [0.15, 0.2) is 0 Å². The molecule has 4 fully saturated rings. The number of carbonyl (C=O) groups excluding carboxylic acids is 1. The molecule has 7 heteroatoms. The van der Waals surface area contributed by atoms with Crippen LogP contribution in [0.15, 0.2) is 29.2 Å². The van der Waals surface area contributed by atoms with Gasteiger partial charge in [0.2, 0.25) is 15.9 Å². The second-order valence-electron chi connectivity index (χ2n) is 8.17. The Hall–Kier alpha value is -1.44. The van der Waals surface area contributed by atoms with Gasteiger partial charge in [-0.15, -0.1) is 0 Å². The van der Waals surface area contributed by atoms with Gasteiger partial charge >= 0.3 is 0 Å². The van der Waals surface area contributed by atoms with Crippen molar-refractivity contribution in [1.82, 2.24) is 5.32 Å². The molecule has 0 spiro atoms. The molecule has 4 aliphatic rings. The molecule has 0 saturated heterocycles. The van der Waals surface area contributed by atoms with Crippen LogP contribution in [0.25, 0.3) is 0 Å². The smallest absolute Gasteiger partial charge is 0.238 e. The number of primary sulfonamides is 1. The van der Waals surface area contributed by atoms with Crippen LogP contribution >= 0.6 is 0 Å². The lowest BCUT2D eigenvalue weighted by Gasteiger charge is -2.57. The van der Waals surface area contributed by atoms with Crippen molar-refractivity contribution in [2.45, 2.75) is 49.0 Å². The van der Waals surface area contributed by atoms with Gasteiger partial charge in [0.05, 0.1) is 11.4 Å². The third-order valence-corrected chi connectivity index (χ3v) is 7.02. The Balaban J connectivity index is 1.37. The van der Waals surface area contributed by atoms with Gasteiger partial charge in [-0.05, 0) is 74.5 Å². The molecule has 6 nitrogen and oxygen atoms in total. The summed E-state index contributed by atoms with van der Waals surface area (Å²) < 4.78 is 22.8. The average Bonchev–Trinajstić information content (AvgIpc) is 2.51. The van der Waals surface area contributed by atoms with Crippen molar-refractivity contribution in [2.24, 2.45) is 22.9 Å². The van der Waals surface area contributed by atoms with Crippen LogP contribution in [0, 0.1) is 17.8 Å². The Kier molecular flexibility index (Phi) is 4.13.